The summed E-state index contributed by atoms with van der Waals surface area (Å²) in [5.41, 5.74) is 5.09. The van der Waals surface area contributed by atoms with Gasteiger partial charge >= 0.3 is 0 Å². The normalized spacial score (nSPS) is 14.7. The molecule has 0 saturated heterocycles. The third-order valence-corrected chi connectivity index (χ3v) is 9.24. The maximum Gasteiger partial charge on any atom is 0.164 e. The molecule has 238 valence electrons. The lowest BCUT2D eigenvalue weighted by atomic mass is 10.1. The summed E-state index contributed by atoms with van der Waals surface area (Å²) in [5.74, 6) is -0.750. The topological polar surface area (TPSA) is 69.9 Å². The molecule has 4 heterocycles. The first-order valence-corrected chi connectivity index (χ1v) is 16.1. The molecular formula is C45H26N4O2. The molecule has 0 aliphatic heterocycles. The van der Waals surface area contributed by atoms with Gasteiger partial charge in [-0.05, 0) is 48.5 Å². The quantitative estimate of drug-likeness (QED) is 0.187. The van der Waals surface area contributed by atoms with Gasteiger partial charge in [-0.15, -0.1) is 0 Å². The van der Waals surface area contributed by atoms with Crippen LogP contribution in [-0.2, 0) is 0 Å². The van der Waals surface area contributed by atoms with Crippen molar-refractivity contribution < 1.29 is 22.5 Å². The number of hydrogen-bond acceptors (Lipinski definition) is 5. The predicted molar refractivity (Wildman–Crippen MR) is 205 cm³/mol. The van der Waals surface area contributed by atoms with Crippen LogP contribution in [0.2, 0.25) is 0 Å². The summed E-state index contributed by atoms with van der Waals surface area (Å²) in [6, 6.07) is 25.5. The van der Waals surface area contributed by atoms with Gasteiger partial charge < -0.3 is 13.4 Å². The number of fused-ring (bicyclic) bond motifs is 10. The second kappa shape index (κ2) is 10.7. The number of hydrogen-bond donors (Lipinski definition) is 0. The van der Waals surface area contributed by atoms with Gasteiger partial charge in [0.1, 0.15) is 22.3 Å². The molecule has 0 radical (unpaired) electrons. The van der Waals surface area contributed by atoms with Crippen LogP contribution in [0.3, 0.4) is 0 Å². The Balaban J connectivity index is 1.15. The molecule has 0 spiro atoms. The van der Waals surface area contributed by atoms with Crippen molar-refractivity contribution in [2.75, 3.05) is 0 Å². The maximum absolute atomic E-state index is 8.66. The summed E-state index contributed by atoms with van der Waals surface area (Å²) in [6.07, 6.45) is 0. The average Bonchev–Trinajstić information content (AvgIpc) is 3.95. The lowest BCUT2D eigenvalue weighted by Crippen LogP contribution is -2.00. The summed E-state index contributed by atoms with van der Waals surface area (Å²) in [6.45, 7) is 0. The van der Waals surface area contributed by atoms with E-state index < -0.39 is 60.4 Å². The number of nitrogens with zero attached hydrogens (tertiary/aromatic N) is 4. The Hall–Kier alpha value is -7.05. The summed E-state index contributed by atoms with van der Waals surface area (Å²) in [5, 5.41) is 5.65. The van der Waals surface area contributed by atoms with E-state index in [1.54, 1.807) is 12.1 Å². The summed E-state index contributed by atoms with van der Waals surface area (Å²) >= 11 is 0. The van der Waals surface area contributed by atoms with Gasteiger partial charge in [-0.3, -0.25) is 0 Å². The van der Waals surface area contributed by atoms with Gasteiger partial charge in [0.25, 0.3) is 0 Å². The minimum atomic E-state index is -0.618. The van der Waals surface area contributed by atoms with Crippen LogP contribution in [0.4, 0.5) is 0 Å². The zero-order chi connectivity index (χ0) is 42.2. The van der Waals surface area contributed by atoms with E-state index in [4.69, 9.17) is 22.5 Å². The van der Waals surface area contributed by atoms with Gasteiger partial charge in [0.05, 0.1) is 41.2 Å². The van der Waals surface area contributed by atoms with Gasteiger partial charge in [-0.2, -0.15) is 0 Å². The van der Waals surface area contributed by atoms with E-state index in [-0.39, 0.29) is 28.6 Å². The Bertz CT molecular complexity index is 3600. The average molecular weight is 665 g/mol. The molecule has 0 aliphatic rings. The van der Waals surface area contributed by atoms with Crippen LogP contribution < -0.4 is 0 Å². The molecule has 0 unspecified atom stereocenters. The van der Waals surface area contributed by atoms with Crippen LogP contribution in [0.25, 0.3) is 106 Å². The maximum atomic E-state index is 8.66. The van der Waals surface area contributed by atoms with E-state index in [9.17, 15) is 0 Å². The summed E-state index contributed by atoms with van der Waals surface area (Å²) in [7, 11) is 0. The monoisotopic (exact) mass is 664 g/mol. The molecule has 51 heavy (non-hydrogen) atoms. The Labute approximate surface area is 304 Å². The first kappa shape index (κ1) is 19.8. The standard InChI is InChI=1S/C45H26N4O2/c1-3-12-27(13-4-1)43-46-44(28-14-5-2-6-15-28)48-45(47-43)29-22-23-33-39(26-29)50-38-21-11-19-35(40(33)38)49-34-18-9-7-17-32(34)41-36(49)25-24-31-30-16-8-10-20-37(30)51-42(31)41/h1-26H/i1D,2D,3D,4D,5D,6D,12D,13D,14D,15D. The van der Waals surface area contributed by atoms with Gasteiger partial charge in [-0.25, -0.2) is 15.0 Å². The lowest BCUT2D eigenvalue weighted by molar-refractivity contribution is 0.669. The summed E-state index contributed by atoms with van der Waals surface area (Å²) < 4.78 is 99.3. The molecule has 6 nitrogen and oxygen atoms in total. The van der Waals surface area contributed by atoms with Crippen LogP contribution in [0.1, 0.15) is 13.7 Å². The molecule has 0 aliphatic carbocycles. The van der Waals surface area contributed by atoms with Crippen LogP contribution in [0, 0.1) is 0 Å². The van der Waals surface area contributed by atoms with Crippen molar-refractivity contribution in [1.82, 2.24) is 19.5 Å². The zero-order valence-electron chi connectivity index (χ0n) is 36.3. The molecule has 0 N–H and O–H groups in total. The SMILES string of the molecule is [2H]c1c([2H])c([2H])c(-c2nc(-c3ccc4c(c3)oc3cccc(-n5c6ccccc6c6c7oc8ccccc8c7ccc65)c34)nc(-c3c([2H])c([2H])c([2H])c([2H])c3[2H])n2)c([2H])c1[2H]. The minimum absolute atomic E-state index is 0.0570. The van der Waals surface area contributed by atoms with Gasteiger partial charge in [0.2, 0.25) is 0 Å². The molecule has 11 rings (SSSR count). The second-order valence-electron chi connectivity index (χ2n) is 12.1. The Kier molecular flexibility index (Phi) is 4.17. The fourth-order valence-corrected chi connectivity index (χ4v) is 7.08. The first-order valence-electron chi connectivity index (χ1n) is 21.1. The highest BCUT2D eigenvalue weighted by molar-refractivity contribution is 6.24. The van der Waals surface area contributed by atoms with E-state index in [2.05, 4.69) is 49.9 Å². The van der Waals surface area contributed by atoms with Crippen LogP contribution >= 0.6 is 0 Å². The Morgan fingerprint density at radius 3 is 1.86 bits per heavy atom. The van der Waals surface area contributed by atoms with Crippen LogP contribution in [-0.4, -0.2) is 19.5 Å². The largest absolute Gasteiger partial charge is 0.456 e. The number of furan rings is 2. The number of para-hydroxylation sites is 2. The van der Waals surface area contributed by atoms with Crippen molar-refractivity contribution in [1.29, 1.82) is 0 Å². The van der Waals surface area contributed by atoms with Crippen molar-refractivity contribution in [3.8, 4) is 39.9 Å². The van der Waals surface area contributed by atoms with E-state index in [0.717, 1.165) is 60.2 Å². The molecule has 0 amide bonds. The molecule has 0 bridgehead atoms. The highest BCUT2D eigenvalue weighted by Gasteiger charge is 2.22. The van der Waals surface area contributed by atoms with E-state index in [0.29, 0.717) is 16.7 Å². The van der Waals surface area contributed by atoms with Crippen LogP contribution in [0.5, 0.6) is 0 Å². The highest BCUT2D eigenvalue weighted by atomic mass is 16.3. The molecule has 6 heteroatoms. The third kappa shape index (κ3) is 4.20. The van der Waals surface area contributed by atoms with Gasteiger partial charge in [0, 0.05) is 38.2 Å². The van der Waals surface area contributed by atoms with Gasteiger partial charge in [-0.1, -0.05) is 109 Å². The van der Waals surface area contributed by atoms with Crippen molar-refractivity contribution in [3.05, 3.63) is 157 Å². The molecule has 0 atom stereocenters. The molecule has 0 fully saturated rings. The van der Waals surface area contributed by atoms with Crippen LogP contribution in [0.15, 0.2) is 166 Å². The molecule has 0 saturated carbocycles. The zero-order valence-corrected chi connectivity index (χ0v) is 26.3. The van der Waals surface area contributed by atoms with Crippen molar-refractivity contribution >= 4 is 65.7 Å². The molecular weight excluding hydrogens is 629 g/mol. The Morgan fingerprint density at radius 1 is 0.451 bits per heavy atom. The number of rotatable bonds is 4. The number of aromatic nitrogens is 4. The van der Waals surface area contributed by atoms with Crippen molar-refractivity contribution in [2.45, 2.75) is 0 Å². The van der Waals surface area contributed by atoms with E-state index in [1.165, 1.54) is 0 Å². The smallest absolute Gasteiger partial charge is 0.164 e. The molecule has 7 aromatic carbocycles. The highest BCUT2D eigenvalue weighted by Crippen LogP contribution is 2.43. The predicted octanol–water partition coefficient (Wildman–Crippen LogP) is 11.8. The minimum Gasteiger partial charge on any atom is -0.456 e. The third-order valence-electron chi connectivity index (χ3n) is 9.24. The second-order valence-corrected chi connectivity index (χ2v) is 12.1. The van der Waals surface area contributed by atoms with Crippen molar-refractivity contribution in [2.24, 2.45) is 0 Å². The fraction of sp³-hybridized carbons (Fsp3) is 0. The van der Waals surface area contributed by atoms with E-state index >= 15 is 0 Å². The number of benzene rings is 7. The first-order chi connectivity index (χ1) is 29.4. The van der Waals surface area contributed by atoms with E-state index in [1.807, 2.05) is 54.6 Å². The molecule has 4 aromatic heterocycles. The lowest BCUT2D eigenvalue weighted by Gasteiger charge is -2.10. The van der Waals surface area contributed by atoms with Gasteiger partial charge in [0.15, 0.2) is 17.5 Å². The summed E-state index contributed by atoms with van der Waals surface area (Å²) in [4.78, 5) is 13.6. The van der Waals surface area contributed by atoms with Crippen molar-refractivity contribution in [3.63, 3.8) is 0 Å². The Morgan fingerprint density at radius 2 is 1.10 bits per heavy atom. The molecule has 11 aromatic rings. The fourth-order valence-electron chi connectivity index (χ4n) is 7.08.